The fourth-order valence-electron chi connectivity index (χ4n) is 4.07. The minimum absolute atomic E-state index is 0.0414. The van der Waals surface area contributed by atoms with Crippen LogP contribution in [0.4, 0.5) is 9.18 Å². The molecule has 3 atom stereocenters. The Morgan fingerprint density at radius 1 is 1.10 bits per heavy atom. The first kappa shape index (κ1) is 22.8. The highest BCUT2D eigenvalue weighted by Crippen LogP contribution is 2.34. The Kier molecular flexibility index (Phi) is 8.04. The van der Waals surface area contributed by atoms with Gasteiger partial charge in [0.2, 0.25) is 5.91 Å². The van der Waals surface area contributed by atoms with Gasteiger partial charge in [-0.3, -0.25) is 4.79 Å². The molecule has 2 N–H and O–H groups in total. The number of unbranched alkanes of at least 4 members (excludes halogenated alkanes) is 1. The van der Waals surface area contributed by atoms with Crippen molar-refractivity contribution in [3.8, 4) is 0 Å². The Morgan fingerprint density at radius 3 is 2.48 bits per heavy atom. The quantitative estimate of drug-likeness (QED) is 0.616. The Morgan fingerprint density at radius 2 is 1.81 bits per heavy atom. The molecule has 1 heterocycles. The maximum Gasteiger partial charge on any atom is 0.317 e. The number of urea groups is 1. The molecular weight excluding hydrogens is 393 g/mol. The van der Waals surface area contributed by atoms with Gasteiger partial charge in [-0.15, -0.1) is 0 Å². The zero-order chi connectivity index (χ0) is 22.2. The van der Waals surface area contributed by atoms with Gasteiger partial charge in [0.25, 0.3) is 0 Å². The molecule has 6 heteroatoms. The van der Waals surface area contributed by atoms with Crippen LogP contribution in [0.5, 0.6) is 0 Å². The molecule has 3 rings (SSSR count). The fraction of sp³-hybridized carbons (Fsp3) is 0.440. The molecule has 2 aromatic carbocycles. The summed E-state index contributed by atoms with van der Waals surface area (Å²) in [5, 5.41) is 6.06. The molecule has 1 aliphatic heterocycles. The first-order chi connectivity index (χ1) is 15.0. The van der Waals surface area contributed by atoms with Gasteiger partial charge in [-0.25, -0.2) is 9.18 Å². The number of amides is 3. The van der Waals surface area contributed by atoms with Crippen molar-refractivity contribution in [1.82, 2.24) is 15.5 Å². The number of carbonyl (C=O) groups excluding carboxylic acids is 2. The summed E-state index contributed by atoms with van der Waals surface area (Å²) in [7, 11) is 0. The molecule has 1 fully saturated rings. The van der Waals surface area contributed by atoms with E-state index in [9.17, 15) is 14.0 Å². The lowest BCUT2D eigenvalue weighted by molar-refractivity contribution is -0.127. The van der Waals surface area contributed by atoms with Crippen LogP contribution in [-0.4, -0.2) is 29.9 Å². The highest BCUT2D eigenvalue weighted by Gasteiger charge is 2.35. The molecule has 5 nitrogen and oxygen atoms in total. The number of nitrogens with one attached hydrogen (secondary N) is 2. The third kappa shape index (κ3) is 6.06. The molecule has 0 bridgehead atoms. The number of hydrogen-bond donors (Lipinski definition) is 2. The molecular formula is C25H32FN3O2. The monoisotopic (exact) mass is 425 g/mol. The van der Waals surface area contributed by atoms with E-state index in [-0.39, 0.29) is 35.8 Å². The third-order valence-corrected chi connectivity index (χ3v) is 5.93. The van der Waals surface area contributed by atoms with Gasteiger partial charge in [-0.2, -0.15) is 0 Å². The van der Waals surface area contributed by atoms with E-state index >= 15 is 0 Å². The number of likely N-dealkylation sites (tertiary alicyclic amines) is 1. The van der Waals surface area contributed by atoms with Crippen molar-refractivity contribution >= 4 is 11.9 Å². The summed E-state index contributed by atoms with van der Waals surface area (Å²) in [6.45, 7) is 4.98. The van der Waals surface area contributed by atoms with Crippen LogP contribution in [0.3, 0.4) is 0 Å². The number of halogens is 1. The summed E-state index contributed by atoms with van der Waals surface area (Å²) in [4.78, 5) is 27.7. The van der Waals surface area contributed by atoms with E-state index in [2.05, 4.69) is 17.6 Å². The number of benzene rings is 2. The van der Waals surface area contributed by atoms with E-state index in [1.807, 2.05) is 37.3 Å². The number of piperidine rings is 1. The van der Waals surface area contributed by atoms with E-state index in [0.717, 1.165) is 24.0 Å². The van der Waals surface area contributed by atoms with E-state index in [0.29, 0.717) is 25.9 Å². The summed E-state index contributed by atoms with van der Waals surface area (Å²) in [5.41, 5.74) is 1.94. The second-order valence-electron chi connectivity index (χ2n) is 8.22. The van der Waals surface area contributed by atoms with Crippen LogP contribution >= 0.6 is 0 Å². The standard InChI is InChI=1S/C25H32FN3O2/c1-3-4-16-27-25(31)29-17-21(12-15-23(29)20-10-13-22(26)14-11-20)24(30)28-18(2)19-8-6-5-7-9-19/h5-11,13-14,18,21,23H,3-4,12,15-17H2,1-2H3,(H,27,31)(H,28,30)/t18-,21+,23+/m0/s1. The molecule has 0 spiro atoms. The van der Waals surface area contributed by atoms with Crippen LogP contribution in [-0.2, 0) is 4.79 Å². The normalized spacial score (nSPS) is 19.5. The van der Waals surface area contributed by atoms with Gasteiger partial charge in [0.05, 0.1) is 18.0 Å². The Bertz CT molecular complexity index is 857. The number of carbonyl (C=O) groups is 2. The molecule has 31 heavy (non-hydrogen) atoms. The predicted octanol–water partition coefficient (Wildman–Crippen LogP) is 4.97. The second-order valence-corrected chi connectivity index (χ2v) is 8.22. The zero-order valence-electron chi connectivity index (χ0n) is 18.3. The summed E-state index contributed by atoms with van der Waals surface area (Å²) < 4.78 is 13.4. The van der Waals surface area contributed by atoms with Gasteiger partial charge in [-0.05, 0) is 49.4 Å². The van der Waals surface area contributed by atoms with E-state index in [1.165, 1.54) is 12.1 Å². The topological polar surface area (TPSA) is 61.4 Å². The fourth-order valence-corrected chi connectivity index (χ4v) is 4.07. The lowest BCUT2D eigenvalue weighted by atomic mass is 9.88. The molecule has 1 saturated heterocycles. The van der Waals surface area contributed by atoms with Gasteiger partial charge in [0.15, 0.2) is 0 Å². The molecule has 0 unspecified atom stereocenters. The molecule has 0 radical (unpaired) electrons. The Labute approximate surface area is 184 Å². The number of hydrogen-bond acceptors (Lipinski definition) is 2. The van der Waals surface area contributed by atoms with Crippen molar-refractivity contribution in [2.24, 2.45) is 5.92 Å². The first-order valence-corrected chi connectivity index (χ1v) is 11.1. The largest absolute Gasteiger partial charge is 0.349 e. The van der Waals surface area contributed by atoms with Crippen molar-refractivity contribution in [3.05, 3.63) is 71.5 Å². The van der Waals surface area contributed by atoms with Crippen molar-refractivity contribution in [2.75, 3.05) is 13.1 Å². The maximum absolute atomic E-state index is 13.4. The minimum atomic E-state index is -0.300. The molecule has 166 valence electrons. The SMILES string of the molecule is CCCCNC(=O)N1C[C@H](C(=O)N[C@@H](C)c2ccccc2)CC[C@@H]1c1ccc(F)cc1. The van der Waals surface area contributed by atoms with Gasteiger partial charge < -0.3 is 15.5 Å². The van der Waals surface area contributed by atoms with E-state index in [1.54, 1.807) is 17.0 Å². The van der Waals surface area contributed by atoms with Gasteiger partial charge in [-0.1, -0.05) is 55.8 Å². The van der Waals surface area contributed by atoms with Crippen LogP contribution < -0.4 is 10.6 Å². The van der Waals surface area contributed by atoms with Crippen molar-refractivity contribution in [1.29, 1.82) is 0 Å². The van der Waals surface area contributed by atoms with Crippen LogP contribution in [0.1, 0.15) is 62.7 Å². The zero-order valence-corrected chi connectivity index (χ0v) is 18.3. The average molecular weight is 426 g/mol. The molecule has 3 amide bonds. The number of rotatable bonds is 7. The molecule has 0 aliphatic carbocycles. The minimum Gasteiger partial charge on any atom is -0.349 e. The molecule has 0 aromatic heterocycles. The number of nitrogens with zero attached hydrogens (tertiary/aromatic N) is 1. The molecule has 1 aliphatic rings. The van der Waals surface area contributed by atoms with Crippen molar-refractivity contribution in [2.45, 2.75) is 51.6 Å². The highest BCUT2D eigenvalue weighted by molar-refractivity contribution is 5.81. The summed E-state index contributed by atoms with van der Waals surface area (Å²) >= 11 is 0. The van der Waals surface area contributed by atoms with Crippen LogP contribution in [0, 0.1) is 11.7 Å². The van der Waals surface area contributed by atoms with E-state index < -0.39 is 0 Å². The second kappa shape index (κ2) is 10.9. The smallest absolute Gasteiger partial charge is 0.317 e. The lowest BCUT2D eigenvalue weighted by Gasteiger charge is -2.39. The highest BCUT2D eigenvalue weighted by atomic mass is 19.1. The van der Waals surface area contributed by atoms with Gasteiger partial charge >= 0.3 is 6.03 Å². The summed E-state index contributed by atoms with van der Waals surface area (Å²) in [6.07, 6.45) is 3.22. The first-order valence-electron chi connectivity index (χ1n) is 11.1. The van der Waals surface area contributed by atoms with Crippen LogP contribution in [0.2, 0.25) is 0 Å². The van der Waals surface area contributed by atoms with Crippen molar-refractivity contribution in [3.63, 3.8) is 0 Å². The van der Waals surface area contributed by atoms with Gasteiger partial charge in [0, 0.05) is 13.1 Å². The summed E-state index contributed by atoms with van der Waals surface area (Å²) in [6, 6.07) is 15.7. The van der Waals surface area contributed by atoms with Crippen LogP contribution in [0.25, 0.3) is 0 Å². The molecule has 0 saturated carbocycles. The van der Waals surface area contributed by atoms with Crippen molar-refractivity contribution < 1.29 is 14.0 Å². The predicted molar refractivity (Wildman–Crippen MR) is 120 cm³/mol. The Balaban J connectivity index is 1.71. The Hall–Kier alpha value is -2.89. The summed E-state index contributed by atoms with van der Waals surface area (Å²) in [5.74, 6) is -0.620. The third-order valence-electron chi connectivity index (χ3n) is 5.93. The molecule has 2 aromatic rings. The van der Waals surface area contributed by atoms with E-state index in [4.69, 9.17) is 0 Å². The lowest BCUT2D eigenvalue weighted by Crippen LogP contribution is -2.50. The van der Waals surface area contributed by atoms with Gasteiger partial charge in [0.1, 0.15) is 5.82 Å². The average Bonchev–Trinajstić information content (AvgIpc) is 2.80. The maximum atomic E-state index is 13.4. The van der Waals surface area contributed by atoms with Crippen LogP contribution in [0.15, 0.2) is 54.6 Å².